The van der Waals surface area contributed by atoms with E-state index in [4.69, 9.17) is 9.47 Å². The lowest BCUT2D eigenvalue weighted by molar-refractivity contribution is -0.114. The van der Waals surface area contributed by atoms with Gasteiger partial charge in [0.15, 0.2) is 17.5 Å². The van der Waals surface area contributed by atoms with Crippen LogP contribution in [0.2, 0.25) is 0 Å². The van der Waals surface area contributed by atoms with Crippen LogP contribution < -0.4 is 25.4 Å². The topological polar surface area (TPSA) is 84.0 Å². The first kappa shape index (κ1) is 21.8. The molecule has 1 amide bonds. The number of nitrogens with one attached hydrogen (secondary N) is 3. The smallest absolute Gasteiger partial charge is 0.231 e. The predicted octanol–water partition coefficient (Wildman–Crippen LogP) is 2.90. The Labute approximate surface area is 181 Å². The number of guanidine groups is 1. The number of halogens is 1. The summed E-state index contributed by atoms with van der Waals surface area (Å²) in [5.74, 6) is 2.23. The Balaban J connectivity index is 0.00000280. The zero-order chi connectivity index (χ0) is 19.1. The summed E-state index contributed by atoms with van der Waals surface area (Å²) in [5.41, 5.74) is 3.08. The second kappa shape index (κ2) is 10.7. The van der Waals surface area contributed by atoms with Gasteiger partial charge in [0, 0.05) is 32.7 Å². The summed E-state index contributed by atoms with van der Waals surface area (Å²) in [6, 6.07) is 13.7. The maximum absolute atomic E-state index is 11.0. The number of benzene rings is 2. The number of rotatable bonds is 6. The average Bonchev–Trinajstić information content (AvgIpc) is 3.13. The molecule has 1 aliphatic rings. The van der Waals surface area contributed by atoms with Gasteiger partial charge in [-0.15, -0.1) is 24.0 Å². The molecule has 0 radical (unpaired) electrons. The van der Waals surface area contributed by atoms with Crippen molar-refractivity contribution < 1.29 is 14.3 Å². The van der Waals surface area contributed by atoms with E-state index in [1.807, 2.05) is 42.5 Å². The summed E-state index contributed by atoms with van der Waals surface area (Å²) < 4.78 is 10.7. The molecular formula is C20H25IN4O3. The van der Waals surface area contributed by atoms with Gasteiger partial charge in [0.25, 0.3) is 0 Å². The van der Waals surface area contributed by atoms with Crippen molar-refractivity contribution in [3.05, 3.63) is 53.6 Å². The fraction of sp³-hybridized carbons (Fsp3) is 0.300. The number of carbonyl (C=O) groups is 1. The highest BCUT2D eigenvalue weighted by molar-refractivity contribution is 14.0. The third-order valence-corrected chi connectivity index (χ3v) is 4.10. The molecule has 8 heteroatoms. The lowest BCUT2D eigenvalue weighted by Gasteiger charge is -2.12. The molecular weight excluding hydrogens is 471 g/mol. The Morgan fingerprint density at radius 2 is 1.75 bits per heavy atom. The molecule has 0 saturated carbocycles. The van der Waals surface area contributed by atoms with E-state index < -0.39 is 0 Å². The van der Waals surface area contributed by atoms with Gasteiger partial charge in [-0.25, -0.2) is 0 Å². The number of ether oxygens (including phenoxy) is 2. The molecule has 0 fully saturated rings. The van der Waals surface area contributed by atoms with Gasteiger partial charge in [0.2, 0.25) is 12.7 Å². The number of hydrogen-bond donors (Lipinski definition) is 3. The van der Waals surface area contributed by atoms with Crippen LogP contribution >= 0.6 is 24.0 Å². The minimum absolute atomic E-state index is 0. The van der Waals surface area contributed by atoms with Crippen molar-refractivity contribution in [2.24, 2.45) is 4.99 Å². The summed E-state index contributed by atoms with van der Waals surface area (Å²) >= 11 is 0. The zero-order valence-electron chi connectivity index (χ0n) is 16.0. The Bertz CT molecular complexity index is 825. The van der Waals surface area contributed by atoms with E-state index >= 15 is 0 Å². The first-order valence-corrected chi connectivity index (χ1v) is 8.83. The number of nitrogens with zero attached hydrogens (tertiary/aromatic N) is 1. The Morgan fingerprint density at radius 1 is 1.04 bits per heavy atom. The van der Waals surface area contributed by atoms with E-state index in [2.05, 4.69) is 20.9 Å². The van der Waals surface area contributed by atoms with E-state index in [-0.39, 0.29) is 36.7 Å². The predicted molar refractivity (Wildman–Crippen MR) is 121 cm³/mol. The third-order valence-electron chi connectivity index (χ3n) is 4.10. The largest absolute Gasteiger partial charge is 0.454 e. The SMILES string of the molecule is CN=C(NCCc1ccc(NC(C)=O)cc1)NCc1ccc2c(c1)OCO2.I. The first-order chi connectivity index (χ1) is 13.1. The van der Waals surface area contributed by atoms with Crippen molar-refractivity contribution in [3.63, 3.8) is 0 Å². The summed E-state index contributed by atoms with van der Waals surface area (Å²) in [7, 11) is 1.75. The van der Waals surface area contributed by atoms with Crippen LogP contribution in [-0.4, -0.2) is 32.3 Å². The van der Waals surface area contributed by atoms with Gasteiger partial charge in [-0.1, -0.05) is 18.2 Å². The summed E-state index contributed by atoms with van der Waals surface area (Å²) in [6.45, 7) is 3.17. The van der Waals surface area contributed by atoms with Gasteiger partial charge in [0.1, 0.15) is 0 Å². The Morgan fingerprint density at radius 3 is 2.46 bits per heavy atom. The number of amides is 1. The van der Waals surface area contributed by atoms with Gasteiger partial charge in [-0.3, -0.25) is 9.79 Å². The highest BCUT2D eigenvalue weighted by Gasteiger charge is 2.13. The standard InChI is InChI=1S/C20H24N4O3.HI/c1-14(25)24-17-6-3-15(4-7-17)9-10-22-20(21-2)23-12-16-5-8-18-19(11-16)27-13-26-18;/h3-8,11H,9-10,12-13H2,1-2H3,(H,24,25)(H2,21,22,23);1H. The van der Waals surface area contributed by atoms with E-state index in [9.17, 15) is 4.79 Å². The molecule has 3 N–H and O–H groups in total. The first-order valence-electron chi connectivity index (χ1n) is 8.83. The van der Waals surface area contributed by atoms with E-state index in [0.717, 1.165) is 41.7 Å². The van der Waals surface area contributed by atoms with Crippen LogP contribution in [-0.2, 0) is 17.8 Å². The van der Waals surface area contributed by atoms with Crippen LogP contribution in [0.1, 0.15) is 18.1 Å². The molecule has 7 nitrogen and oxygen atoms in total. The molecule has 0 atom stereocenters. The summed E-state index contributed by atoms with van der Waals surface area (Å²) in [4.78, 5) is 15.3. The van der Waals surface area contributed by atoms with E-state index in [1.165, 1.54) is 12.5 Å². The van der Waals surface area contributed by atoms with Crippen molar-refractivity contribution in [3.8, 4) is 11.5 Å². The molecule has 150 valence electrons. The quantitative estimate of drug-likeness (QED) is 0.326. The number of fused-ring (bicyclic) bond motifs is 1. The molecule has 28 heavy (non-hydrogen) atoms. The van der Waals surface area contributed by atoms with Crippen LogP contribution in [0.25, 0.3) is 0 Å². The van der Waals surface area contributed by atoms with Crippen molar-refractivity contribution in [2.45, 2.75) is 19.9 Å². The van der Waals surface area contributed by atoms with Gasteiger partial charge in [-0.2, -0.15) is 0 Å². The lowest BCUT2D eigenvalue weighted by atomic mass is 10.1. The molecule has 3 rings (SSSR count). The summed E-state index contributed by atoms with van der Waals surface area (Å²) in [6.07, 6.45) is 0.852. The van der Waals surface area contributed by atoms with Crippen molar-refractivity contribution in [1.82, 2.24) is 10.6 Å². The number of aliphatic imine (C=N–C) groups is 1. The van der Waals surface area contributed by atoms with Crippen molar-refractivity contribution in [1.29, 1.82) is 0 Å². The number of carbonyl (C=O) groups excluding carboxylic acids is 1. The second-order valence-corrected chi connectivity index (χ2v) is 6.17. The molecule has 0 bridgehead atoms. The van der Waals surface area contributed by atoms with Gasteiger partial charge in [0.05, 0.1) is 0 Å². The molecule has 2 aromatic carbocycles. The highest BCUT2D eigenvalue weighted by Crippen LogP contribution is 2.32. The van der Waals surface area contributed by atoms with Crippen LogP contribution in [0.15, 0.2) is 47.5 Å². The van der Waals surface area contributed by atoms with Gasteiger partial charge in [-0.05, 0) is 41.8 Å². The maximum atomic E-state index is 11.0. The number of hydrogen-bond acceptors (Lipinski definition) is 4. The normalized spacial score (nSPS) is 12.1. The Kier molecular flexibility index (Phi) is 8.37. The molecule has 0 saturated heterocycles. The maximum Gasteiger partial charge on any atom is 0.231 e. The molecule has 0 unspecified atom stereocenters. The van der Waals surface area contributed by atoms with Crippen LogP contribution in [0.3, 0.4) is 0 Å². The minimum Gasteiger partial charge on any atom is -0.454 e. The zero-order valence-corrected chi connectivity index (χ0v) is 18.3. The molecule has 1 heterocycles. The average molecular weight is 496 g/mol. The second-order valence-electron chi connectivity index (χ2n) is 6.17. The van der Waals surface area contributed by atoms with Crippen molar-refractivity contribution >= 4 is 41.5 Å². The van der Waals surface area contributed by atoms with Crippen molar-refractivity contribution in [2.75, 3.05) is 25.7 Å². The van der Waals surface area contributed by atoms with Crippen LogP contribution in [0, 0.1) is 0 Å². The van der Waals surface area contributed by atoms with Gasteiger partial charge < -0.3 is 25.4 Å². The fourth-order valence-electron chi connectivity index (χ4n) is 2.74. The molecule has 0 aliphatic carbocycles. The van der Waals surface area contributed by atoms with Gasteiger partial charge >= 0.3 is 0 Å². The van der Waals surface area contributed by atoms with Crippen LogP contribution in [0.4, 0.5) is 5.69 Å². The third kappa shape index (κ3) is 6.29. The molecule has 0 spiro atoms. The highest BCUT2D eigenvalue weighted by atomic mass is 127. The lowest BCUT2D eigenvalue weighted by Crippen LogP contribution is -2.37. The monoisotopic (exact) mass is 496 g/mol. The molecule has 2 aromatic rings. The number of anilines is 1. The molecule has 1 aliphatic heterocycles. The van der Waals surface area contributed by atoms with E-state index in [0.29, 0.717) is 6.54 Å². The van der Waals surface area contributed by atoms with Crippen LogP contribution in [0.5, 0.6) is 11.5 Å². The summed E-state index contributed by atoms with van der Waals surface area (Å²) in [5, 5.41) is 9.35. The molecule has 0 aromatic heterocycles. The minimum atomic E-state index is -0.0678. The fourth-order valence-corrected chi connectivity index (χ4v) is 2.74. The van der Waals surface area contributed by atoms with E-state index in [1.54, 1.807) is 7.05 Å². The Hall–Kier alpha value is -2.49.